The Kier molecular flexibility index (Phi) is 11.3. The van der Waals surface area contributed by atoms with Gasteiger partial charge in [-0.3, -0.25) is 9.59 Å². The minimum absolute atomic E-state index is 0.0495. The van der Waals surface area contributed by atoms with Gasteiger partial charge in [-0.2, -0.15) is 0 Å². The highest BCUT2D eigenvalue weighted by Gasteiger charge is 2.34. The first kappa shape index (κ1) is 33.2. The normalized spacial score (nSPS) is 14.7. The van der Waals surface area contributed by atoms with Crippen molar-refractivity contribution >= 4 is 23.9 Å². The van der Waals surface area contributed by atoms with Gasteiger partial charge in [0, 0.05) is 5.92 Å². The highest BCUT2D eigenvalue weighted by atomic mass is 16.5. The lowest BCUT2D eigenvalue weighted by Gasteiger charge is -2.27. The monoisotopic (exact) mass is 617 g/mol. The summed E-state index contributed by atoms with van der Waals surface area (Å²) < 4.78 is 10.8. The van der Waals surface area contributed by atoms with Gasteiger partial charge in [0.1, 0.15) is 25.3 Å². The summed E-state index contributed by atoms with van der Waals surface area (Å²) in [6.45, 7) is 3.91. The standard InChI is InChI=1S/C34H39N3O8/c1-20(2)29(37-34(43)45-19-27-25-15-9-7-13-23(25)24-14-8-10-16-26(24)27)31(40)36-30(21(3)39)32(41)35-28(17-38)33(42)44-18-22-11-5-4-6-12-22/h4-16,20-21,27-30,38-39H,17-19H2,1-3H3,(H,35,41)(H,36,40)(H,37,43)/t21-,28+,29+,30+/m1/s1. The maximum Gasteiger partial charge on any atom is 0.407 e. The summed E-state index contributed by atoms with van der Waals surface area (Å²) in [5, 5.41) is 27.4. The van der Waals surface area contributed by atoms with Crippen molar-refractivity contribution in [2.45, 2.75) is 57.5 Å². The van der Waals surface area contributed by atoms with Crippen LogP contribution in [-0.2, 0) is 30.5 Å². The number of hydrogen-bond donors (Lipinski definition) is 5. The summed E-state index contributed by atoms with van der Waals surface area (Å²) >= 11 is 0. The van der Waals surface area contributed by atoms with Crippen LogP contribution in [0.4, 0.5) is 4.79 Å². The summed E-state index contributed by atoms with van der Waals surface area (Å²) in [5.41, 5.74) is 4.96. The van der Waals surface area contributed by atoms with Crippen molar-refractivity contribution in [2.75, 3.05) is 13.2 Å². The number of esters is 1. The van der Waals surface area contributed by atoms with Crippen LogP contribution in [0, 0.1) is 5.92 Å². The fourth-order valence-corrected chi connectivity index (χ4v) is 5.22. The zero-order valence-electron chi connectivity index (χ0n) is 25.4. The summed E-state index contributed by atoms with van der Waals surface area (Å²) in [7, 11) is 0. The molecule has 0 aromatic heterocycles. The summed E-state index contributed by atoms with van der Waals surface area (Å²) in [6.07, 6.45) is -2.19. The van der Waals surface area contributed by atoms with E-state index < -0.39 is 60.6 Å². The summed E-state index contributed by atoms with van der Waals surface area (Å²) in [5.74, 6) is -3.13. The molecule has 0 aliphatic heterocycles. The predicted octanol–water partition coefficient (Wildman–Crippen LogP) is 2.64. The Morgan fingerprint density at radius 3 is 1.84 bits per heavy atom. The van der Waals surface area contributed by atoms with Crippen LogP contribution in [0.25, 0.3) is 11.1 Å². The van der Waals surface area contributed by atoms with Gasteiger partial charge in [0.15, 0.2) is 6.04 Å². The van der Waals surface area contributed by atoms with E-state index in [0.29, 0.717) is 5.56 Å². The number of ether oxygens (including phenoxy) is 2. The topological polar surface area (TPSA) is 163 Å². The van der Waals surface area contributed by atoms with Crippen LogP contribution in [0.2, 0.25) is 0 Å². The number of alkyl carbamates (subject to hydrolysis) is 1. The Balaban J connectivity index is 1.34. The van der Waals surface area contributed by atoms with E-state index in [0.717, 1.165) is 22.3 Å². The number of nitrogens with one attached hydrogen (secondary N) is 3. The zero-order chi connectivity index (χ0) is 32.5. The maximum atomic E-state index is 13.3. The van der Waals surface area contributed by atoms with Gasteiger partial charge in [0.25, 0.3) is 0 Å². The predicted molar refractivity (Wildman–Crippen MR) is 166 cm³/mol. The molecule has 45 heavy (non-hydrogen) atoms. The molecule has 3 amide bonds. The molecular weight excluding hydrogens is 578 g/mol. The van der Waals surface area contributed by atoms with Gasteiger partial charge in [-0.1, -0.05) is 92.7 Å². The number of rotatable bonds is 13. The van der Waals surface area contributed by atoms with Crippen LogP contribution in [0.5, 0.6) is 0 Å². The number of aliphatic hydroxyl groups excluding tert-OH is 2. The SMILES string of the molecule is CC(C)[C@H](NC(=O)OCC1c2ccccc2-c2ccccc21)C(=O)N[C@H](C(=O)N[C@@H](CO)C(=O)OCc1ccccc1)[C@@H](C)O. The molecule has 11 nitrogen and oxygen atoms in total. The molecule has 4 rings (SSSR count). The maximum absolute atomic E-state index is 13.3. The lowest BCUT2D eigenvalue weighted by molar-refractivity contribution is -0.150. The van der Waals surface area contributed by atoms with Crippen molar-refractivity contribution in [2.24, 2.45) is 5.92 Å². The molecular formula is C34H39N3O8. The van der Waals surface area contributed by atoms with Crippen LogP contribution in [0.15, 0.2) is 78.9 Å². The van der Waals surface area contributed by atoms with Crippen LogP contribution in [0.1, 0.15) is 43.4 Å². The first-order chi connectivity index (χ1) is 21.6. The highest BCUT2D eigenvalue weighted by molar-refractivity contribution is 5.93. The smallest absolute Gasteiger partial charge is 0.407 e. The van der Waals surface area contributed by atoms with E-state index in [9.17, 15) is 29.4 Å². The molecule has 0 bridgehead atoms. The third-order valence-electron chi connectivity index (χ3n) is 7.64. The second kappa shape index (κ2) is 15.3. The fourth-order valence-electron chi connectivity index (χ4n) is 5.22. The van der Waals surface area contributed by atoms with Crippen molar-refractivity contribution in [3.05, 3.63) is 95.6 Å². The number of carbonyl (C=O) groups is 4. The van der Waals surface area contributed by atoms with Crippen molar-refractivity contribution in [3.8, 4) is 11.1 Å². The quantitative estimate of drug-likeness (QED) is 0.183. The van der Waals surface area contributed by atoms with E-state index >= 15 is 0 Å². The lowest BCUT2D eigenvalue weighted by atomic mass is 9.98. The van der Waals surface area contributed by atoms with Crippen LogP contribution >= 0.6 is 0 Å². The molecule has 0 unspecified atom stereocenters. The Hall–Kier alpha value is -4.74. The lowest BCUT2D eigenvalue weighted by Crippen LogP contribution is -2.60. The van der Waals surface area contributed by atoms with E-state index in [1.807, 2.05) is 54.6 Å². The van der Waals surface area contributed by atoms with Gasteiger partial charge in [-0.25, -0.2) is 9.59 Å². The average molecular weight is 618 g/mol. The first-order valence-corrected chi connectivity index (χ1v) is 14.8. The number of amides is 3. The molecule has 0 heterocycles. The molecule has 11 heteroatoms. The molecule has 3 aromatic rings. The largest absolute Gasteiger partial charge is 0.459 e. The van der Waals surface area contributed by atoms with Crippen molar-refractivity contribution in [1.82, 2.24) is 16.0 Å². The van der Waals surface area contributed by atoms with Crippen molar-refractivity contribution in [3.63, 3.8) is 0 Å². The third-order valence-corrected chi connectivity index (χ3v) is 7.64. The second-order valence-corrected chi connectivity index (χ2v) is 11.3. The van der Waals surface area contributed by atoms with E-state index in [1.165, 1.54) is 6.92 Å². The molecule has 0 spiro atoms. The first-order valence-electron chi connectivity index (χ1n) is 14.8. The number of carbonyl (C=O) groups excluding carboxylic acids is 4. The minimum Gasteiger partial charge on any atom is -0.459 e. The van der Waals surface area contributed by atoms with Crippen LogP contribution < -0.4 is 16.0 Å². The molecule has 5 N–H and O–H groups in total. The molecule has 3 aromatic carbocycles. The minimum atomic E-state index is -1.50. The van der Waals surface area contributed by atoms with E-state index in [4.69, 9.17) is 9.47 Å². The molecule has 0 radical (unpaired) electrons. The Bertz CT molecular complexity index is 1450. The Morgan fingerprint density at radius 2 is 1.29 bits per heavy atom. The molecule has 0 saturated carbocycles. The van der Waals surface area contributed by atoms with Gasteiger partial charge >= 0.3 is 12.1 Å². The molecule has 238 valence electrons. The second-order valence-electron chi connectivity index (χ2n) is 11.3. The zero-order valence-corrected chi connectivity index (χ0v) is 25.4. The van der Waals surface area contributed by atoms with E-state index in [1.54, 1.807) is 38.1 Å². The van der Waals surface area contributed by atoms with Crippen LogP contribution in [0.3, 0.4) is 0 Å². The number of aliphatic hydroxyl groups is 2. The molecule has 0 fully saturated rings. The van der Waals surface area contributed by atoms with Crippen LogP contribution in [-0.4, -0.2) is 71.5 Å². The van der Waals surface area contributed by atoms with Crippen molar-refractivity contribution < 1.29 is 38.9 Å². The van der Waals surface area contributed by atoms with Gasteiger partial charge in [-0.15, -0.1) is 0 Å². The molecule has 4 atom stereocenters. The van der Waals surface area contributed by atoms with Crippen molar-refractivity contribution in [1.29, 1.82) is 0 Å². The number of fused-ring (bicyclic) bond motifs is 3. The summed E-state index contributed by atoms with van der Waals surface area (Å²) in [4.78, 5) is 51.7. The summed E-state index contributed by atoms with van der Waals surface area (Å²) in [6, 6.07) is 20.6. The Morgan fingerprint density at radius 1 is 0.733 bits per heavy atom. The van der Waals surface area contributed by atoms with Gasteiger partial charge in [-0.05, 0) is 40.7 Å². The number of hydrogen-bond acceptors (Lipinski definition) is 8. The molecule has 1 aliphatic carbocycles. The van der Waals surface area contributed by atoms with E-state index in [-0.39, 0.29) is 19.1 Å². The third kappa shape index (κ3) is 8.25. The average Bonchev–Trinajstić information content (AvgIpc) is 3.36. The van der Waals surface area contributed by atoms with Gasteiger partial charge in [0.05, 0.1) is 12.7 Å². The number of benzene rings is 3. The highest BCUT2D eigenvalue weighted by Crippen LogP contribution is 2.44. The van der Waals surface area contributed by atoms with Gasteiger partial charge < -0.3 is 35.6 Å². The molecule has 0 saturated heterocycles. The molecule has 1 aliphatic rings. The van der Waals surface area contributed by atoms with Gasteiger partial charge in [0.2, 0.25) is 11.8 Å². The Labute approximate surface area is 261 Å². The fraction of sp³-hybridized carbons (Fsp3) is 0.353. The van der Waals surface area contributed by atoms with E-state index in [2.05, 4.69) is 16.0 Å².